The number of ether oxygens (including phenoxy) is 1. The molecule has 3 fully saturated rings. The molecule has 1 aromatic rings. The molecule has 3 amide bonds. The minimum atomic E-state index is -0.593. The van der Waals surface area contributed by atoms with E-state index in [2.05, 4.69) is 20.5 Å². The van der Waals surface area contributed by atoms with E-state index in [9.17, 15) is 14.8 Å². The third-order valence-electron chi connectivity index (χ3n) is 5.64. The second-order valence-electron chi connectivity index (χ2n) is 9.19. The highest BCUT2D eigenvalue weighted by molar-refractivity contribution is 7.11. The van der Waals surface area contributed by atoms with Crippen molar-refractivity contribution in [1.29, 1.82) is 0 Å². The van der Waals surface area contributed by atoms with E-state index in [-0.39, 0.29) is 24.2 Å². The van der Waals surface area contributed by atoms with Crippen LogP contribution in [0, 0.1) is 0 Å². The summed E-state index contributed by atoms with van der Waals surface area (Å²) in [5, 5.41) is 24.5. The van der Waals surface area contributed by atoms with Crippen molar-refractivity contribution in [2.75, 3.05) is 6.54 Å². The molecule has 1 saturated carbocycles. The average molecular weight is 437 g/mol. The molecular formula is C19H28N6O4S. The van der Waals surface area contributed by atoms with Crippen LogP contribution in [0.3, 0.4) is 0 Å². The van der Waals surface area contributed by atoms with Crippen molar-refractivity contribution in [3.8, 4) is 0 Å². The topological polar surface area (TPSA) is 120 Å². The smallest absolute Gasteiger partial charge is 0.435 e. The number of amidine groups is 1. The Morgan fingerprint density at radius 1 is 1.27 bits per heavy atom. The maximum absolute atomic E-state index is 12.2. The van der Waals surface area contributed by atoms with Gasteiger partial charge in [0.1, 0.15) is 21.5 Å². The van der Waals surface area contributed by atoms with E-state index in [1.165, 1.54) is 0 Å². The van der Waals surface area contributed by atoms with E-state index in [0.717, 1.165) is 40.8 Å². The number of hydrogen-bond donors (Lipinski definition) is 2. The summed E-state index contributed by atoms with van der Waals surface area (Å²) < 4.78 is 5.20. The fraction of sp³-hybridized carbons (Fsp3) is 0.737. The summed E-state index contributed by atoms with van der Waals surface area (Å²) in [7, 11) is 0. The number of amides is 3. The molecule has 1 aliphatic carbocycles. The van der Waals surface area contributed by atoms with Crippen molar-refractivity contribution < 1.29 is 19.5 Å². The number of nitrogens with zero attached hydrogens (tertiary/aromatic N) is 5. The van der Waals surface area contributed by atoms with Crippen molar-refractivity contribution in [1.82, 2.24) is 25.5 Å². The summed E-state index contributed by atoms with van der Waals surface area (Å²) in [5.74, 6) is 0.853. The molecule has 0 spiro atoms. The Morgan fingerprint density at radius 3 is 2.67 bits per heavy atom. The van der Waals surface area contributed by atoms with Crippen molar-refractivity contribution in [2.45, 2.75) is 83.0 Å². The Hall–Kier alpha value is -2.27. The van der Waals surface area contributed by atoms with Crippen molar-refractivity contribution >= 4 is 29.3 Å². The van der Waals surface area contributed by atoms with Crippen LogP contribution in [-0.2, 0) is 4.74 Å². The lowest BCUT2D eigenvalue weighted by Crippen LogP contribution is -2.42. The van der Waals surface area contributed by atoms with Gasteiger partial charge in [0.2, 0.25) is 0 Å². The lowest BCUT2D eigenvalue weighted by atomic mass is 9.81. The molecule has 3 aliphatic rings. The van der Waals surface area contributed by atoms with Gasteiger partial charge >= 0.3 is 12.1 Å². The van der Waals surface area contributed by atoms with Crippen molar-refractivity contribution in [3.63, 3.8) is 0 Å². The average Bonchev–Trinajstić information content (AvgIpc) is 3.17. The predicted octanol–water partition coefficient (Wildman–Crippen LogP) is 3.06. The summed E-state index contributed by atoms with van der Waals surface area (Å²) >= 11 is 1.55. The van der Waals surface area contributed by atoms with Gasteiger partial charge in [-0.15, -0.1) is 10.2 Å². The van der Waals surface area contributed by atoms with Gasteiger partial charge < -0.3 is 15.0 Å². The normalized spacial score (nSPS) is 29.1. The number of rotatable bonds is 3. The number of fused-ring (bicyclic) bond motifs is 2. The van der Waals surface area contributed by atoms with E-state index in [4.69, 9.17) is 4.74 Å². The van der Waals surface area contributed by atoms with Gasteiger partial charge in [-0.3, -0.25) is 5.21 Å². The van der Waals surface area contributed by atoms with Crippen molar-refractivity contribution in [2.24, 2.45) is 4.99 Å². The van der Waals surface area contributed by atoms with Crippen LogP contribution in [0.1, 0.15) is 75.4 Å². The second kappa shape index (κ2) is 7.77. The quantitative estimate of drug-likeness (QED) is 0.424. The largest absolute Gasteiger partial charge is 0.442 e. The van der Waals surface area contributed by atoms with Crippen LogP contribution in [0.4, 0.5) is 9.59 Å². The monoisotopic (exact) mass is 436 g/mol. The molecule has 4 rings (SSSR count). The molecule has 11 heteroatoms. The number of piperidine rings is 1. The number of aromatic nitrogens is 2. The van der Waals surface area contributed by atoms with Gasteiger partial charge in [-0.1, -0.05) is 11.3 Å². The van der Waals surface area contributed by atoms with Gasteiger partial charge in [0.15, 0.2) is 0 Å². The lowest BCUT2D eigenvalue weighted by molar-refractivity contribution is -0.0584. The second-order valence-corrected chi connectivity index (χ2v) is 10.2. The maximum atomic E-state index is 12.2. The highest BCUT2D eigenvalue weighted by Gasteiger charge is 2.46. The van der Waals surface area contributed by atoms with Gasteiger partial charge in [-0.2, -0.15) is 4.99 Å². The number of nitrogens with one attached hydrogen (secondary N) is 1. The molecule has 3 heterocycles. The number of aliphatic imine (C=N–C) groups is 1. The Balaban J connectivity index is 1.29. The first-order valence-electron chi connectivity index (χ1n) is 10.3. The Morgan fingerprint density at radius 2 is 1.97 bits per heavy atom. The van der Waals surface area contributed by atoms with Gasteiger partial charge in [0, 0.05) is 18.5 Å². The van der Waals surface area contributed by atoms with E-state index in [1.54, 1.807) is 43.9 Å². The summed E-state index contributed by atoms with van der Waals surface area (Å²) in [5.41, 5.74) is -0.563. The first-order valence-corrected chi connectivity index (χ1v) is 11.1. The standard InChI is InChI=1S/C19H28N6O4S/c1-10(21-17(26)29-19(2,3)4)20-12-7-11(8-12)15-22-23-16(30-15)14-6-5-13-9-24(14)18(27)25(13)28/h11-14,28H,5-9H2,1-4H3,(H,20,21,26)/t11-,12-,13-,14+/m1/s1. The van der Waals surface area contributed by atoms with Crippen LogP contribution in [0.2, 0.25) is 0 Å². The van der Waals surface area contributed by atoms with Crippen LogP contribution in [0.15, 0.2) is 4.99 Å². The molecule has 0 unspecified atom stereocenters. The zero-order chi connectivity index (χ0) is 21.6. The molecular weight excluding hydrogens is 408 g/mol. The molecule has 164 valence electrons. The van der Waals surface area contributed by atoms with Gasteiger partial charge in [-0.25, -0.2) is 14.7 Å². The summed E-state index contributed by atoms with van der Waals surface area (Å²) in [6.45, 7) is 7.72. The third kappa shape index (κ3) is 4.27. The molecule has 30 heavy (non-hydrogen) atoms. The Kier molecular flexibility index (Phi) is 5.43. The van der Waals surface area contributed by atoms with Crippen LogP contribution in [-0.4, -0.2) is 67.6 Å². The number of hydrogen-bond acceptors (Lipinski definition) is 7. The van der Waals surface area contributed by atoms with Crippen molar-refractivity contribution in [3.05, 3.63) is 10.0 Å². The highest BCUT2D eigenvalue weighted by atomic mass is 32.1. The zero-order valence-electron chi connectivity index (χ0n) is 17.7. The maximum Gasteiger partial charge on any atom is 0.435 e. The zero-order valence-corrected chi connectivity index (χ0v) is 18.5. The van der Waals surface area contributed by atoms with Gasteiger partial charge in [0.05, 0.1) is 12.1 Å². The van der Waals surface area contributed by atoms with E-state index >= 15 is 0 Å². The van der Waals surface area contributed by atoms with Gasteiger partial charge in [-0.05, 0) is 53.4 Å². The SMILES string of the molecule is C/C(=N/C(=O)OC(C)(C)C)N[C@H]1C[C@H](c2nnc([C@@H]3CC[C@@H]4CN3C(=O)N4O)s2)C1. The van der Waals surface area contributed by atoms with Crippen LogP contribution in [0.5, 0.6) is 0 Å². The van der Waals surface area contributed by atoms with E-state index in [1.807, 2.05) is 0 Å². The number of urea groups is 1. The first-order chi connectivity index (χ1) is 14.1. The molecule has 2 saturated heterocycles. The molecule has 2 aliphatic heterocycles. The van der Waals surface area contributed by atoms with Crippen LogP contribution in [0.25, 0.3) is 0 Å². The third-order valence-corrected chi connectivity index (χ3v) is 6.83. The molecule has 2 atom stereocenters. The summed E-state index contributed by atoms with van der Waals surface area (Å²) in [6, 6.07) is -0.321. The summed E-state index contributed by atoms with van der Waals surface area (Å²) in [4.78, 5) is 29.6. The molecule has 0 aromatic carbocycles. The van der Waals surface area contributed by atoms with Crippen LogP contribution >= 0.6 is 11.3 Å². The molecule has 10 nitrogen and oxygen atoms in total. The number of carbonyl (C=O) groups is 2. The van der Waals surface area contributed by atoms with Crippen LogP contribution < -0.4 is 5.32 Å². The first kappa shape index (κ1) is 21.0. The minimum Gasteiger partial charge on any atom is -0.442 e. The highest BCUT2D eigenvalue weighted by Crippen LogP contribution is 2.42. The number of hydroxylamine groups is 2. The molecule has 2 bridgehead atoms. The van der Waals surface area contributed by atoms with E-state index in [0.29, 0.717) is 18.3 Å². The number of carbonyl (C=O) groups excluding carboxylic acids is 2. The lowest BCUT2D eigenvalue weighted by Gasteiger charge is -2.34. The Bertz CT molecular complexity index is 859. The molecule has 2 N–H and O–H groups in total. The fourth-order valence-corrected chi connectivity index (χ4v) is 5.26. The minimum absolute atomic E-state index is 0.102. The molecule has 0 radical (unpaired) electrons. The predicted molar refractivity (Wildman–Crippen MR) is 110 cm³/mol. The van der Waals surface area contributed by atoms with E-state index < -0.39 is 11.7 Å². The summed E-state index contributed by atoms with van der Waals surface area (Å²) in [6.07, 6.45) is 2.73. The van der Waals surface area contributed by atoms with Gasteiger partial charge in [0.25, 0.3) is 0 Å². The molecule has 1 aromatic heterocycles. The fourth-order valence-electron chi connectivity index (χ4n) is 4.14. The Labute approximate surface area is 179 Å².